The molecule has 1 fully saturated rings. The summed E-state index contributed by atoms with van der Waals surface area (Å²) in [5.74, 6) is 0. The van der Waals surface area contributed by atoms with Gasteiger partial charge in [-0.05, 0) is 6.92 Å². The standard InChI is InChI=1S/C8H13NO3/c1-2-5-12-8(10)9-3-6-11-7-4-9/h2,5H,3-4,6-7H2,1H3/b5-2+. The highest BCUT2D eigenvalue weighted by Gasteiger charge is 2.16. The molecule has 0 unspecified atom stereocenters. The second kappa shape index (κ2) is 4.77. The predicted octanol–water partition coefficient (Wildman–Crippen LogP) is 0.989. The van der Waals surface area contributed by atoms with Gasteiger partial charge in [-0.3, -0.25) is 0 Å². The zero-order chi connectivity index (χ0) is 8.81. The van der Waals surface area contributed by atoms with Crippen LogP contribution in [0.4, 0.5) is 4.79 Å². The minimum absolute atomic E-state index is 0.295. The molecule has 0 saturated carbocycles. The van der Waals surface area contributed by atoms with E-state index in [1.807, 2.05) is 0 Å². The van der Waals surface area contributed by atoms with Crippen molar-refractivity contribution in [3.63, 3.8) is 0 Å². The van der Waals surface area contributed by atoms with E-state index in [0.29, 0.717) is 26.3 Å². The number of hydrogen-bond acceptors (Lipinski definition) is 3. The highest BCUT2D eigenvalue weighted by molar-refractivity contribution is 5.68. The summed E-state index contributed by atoms with van der Waals surface area (Å²) in [5, 5.41) is 0. The van der Waals surface area contributed by atoms with E-state index in [-0.39, 0.29) is 6.09 Å². The molecule has 0 spiro atoms. The lowest BCUT2D eigenvalue weighted by Crippen LogP contribution is -2.40. The van der Waals surface area contributed by atoms with Crippen molar-refractivity contribution in [3.05, 3.63) is 12.3 Å². The topological polar surface area (TPSA) is 38.8 Å². The lowest BCUT2D eigenvalue weighted by atomic mass is 10.5. The van der Waals surface area contributed by atoms with Crippen molar-refractivity contribution >= 4 is 6.09 Å². The van der Waals surface area contributed by atoms with Gasteiger partial charge in [0.1, 0.15) is 0 Å². The smallest absolute Gasteiger partial charge is 0.414 e. The van der Waals surface area contributed by atoms with E-state index in [4.69, 9.17) is 9.47 Å². The summed E-state index contributed by atoms with van der Waals surface area (Å²) in [6.07, 6.45) is 2.77. The Morgan fingerprint density at radius 3 is 2.75 bits per heavy atom. The fourth-order valence-electron chi connectivity index (χ4n) is 0.947. The summed E-state index contributed by atoms with van der Waals surface area (Å²) in [6, 6.07) is 0. The van der Waals surface area contributed by atoms with E-state index >= 15 is 0 Å². The summed E-state index contributed by atoms with van der Waals surface area (Å²) in [6.45, 7) is 4.25. The van der Waals surface area contributed by atoms with Gasteiger partial charge in [0.25, 0.3) is 0 Å². The maximum atomic E-state index is 11.2. The van der Waals surface area contributed by atoms with Gasteiger partial charge in [-0.15, -0.1) is 0 Å². The van der Waals surface area contributed by atoms with Crippen LogP contribution in [0.25, 0.3) is 0 Å². The number of hydrogen-bond donors (Lipinski definition) is 0. The molecular weight excluding hydrogens is 158 g/mol. The number of rotatable bonds is 1. The van der Waals surface area contributed by atoms with Crippen LogP contribution in [0.5, 0.6) is 0 Å². The van der Waals surface area contributed by atoms with Crippen molar-refractivity contribution in [3.8, 4) is 0 Å². The Morgan fingerprint density at radius 2 is 2.17 bits per heavy atom. The SMILES string of the molecule is C/C=C/OC(=O)N1CCOCC1. The van der Waals surface area contributed by atoms with Crippen LogP contribution >= 0.6 is 0 Å². The van der Waals surface area contributed by atoms with E-state index in [2.05, 4.69) is 0 Å². The Morgan fingerprint density at radius 1 is 1.50 bits per heavy atom. The van der Waals surface area contributed by atoms with Crippen LogP contribution in [-0.4, -0.2) is 37.3 Å². The first-order chi connectivity index (χ1) is 5.84. The molecule has 0 aromatic rings. The summed E-state index contributed by atoms with van der Waals surface area (Å²) >= 11 is 0. The average Bonchev–Trinajstić information content (AvgIpc) is 2.15. The van der Waals surface area contributed by atoms with Crippen LogP contribution in [0.1, 0.15) is 6.92 Å². The largest absolute Gasteiger partial charge is 0.419 e. The first-order valence-corrected chi connectivity index (χ1v) is 3.99. The van der Waals surface area contributed by atoms with Crippen molar-refractivity contribution in [1.29, 1.82) is 0 Å². The predicted molar refractivity (Wildman–Crippen MR) is 43.7 cm³/mol. The van der Waals surface area contributed by atoms with E-state index < -0.39 is 0 Å². The first-order valence-electron chi connectivity index (χ1n) is 3.99. The lowest BCUT2D eigenvalue weighted by Gasteiger charge is -2.25. The van der Waals surface area contributed by atoms with Crippen molar-refractivity contribution < 1.29 is 14.3 Å². The Balaban J connectivity index is 2.29. The average molecular weight is 171 g/mol. The molecule has 1 aliphatic rings. The summed E-state index contributed by atoms with van der Waals surface area (Å²) < 4.78 is 9.87. The van der Waals surface area contributed by atoms with E-state index in [1.165, 1.54) is 6.26 Å². The second-order valence-corrected chi connectivity index (χ2v) is 2.45. The summed E-state index contributed by atoms with van der Waals surface area (Å²) in [4.78, 5) is 12.8. The van der Waals surface area contributed by atoms with Crippen LogP contribution in [0.3, 0.4) is 0 Å². The van der Waals surface area contributed by atoms with Crippen LogP contribution in [0.15, 0.2) is 12.3 Å². The zero-order valence-corrected chi connectivity index (χ0v) is 7.16. The van der Waals surface area contributed by atoms with Gasteiger partial charge in [-0.1, -0.05) is 6.08 Å². The van der Waals surface area contributed by atoms with Gasteiger partial charge in [-0.2, -0.15) is 0 Å². The maximum absolute atomic E-state index is 11.2. The van der Waals surface area contributed by atoms with Gasteiger partial charge in [0.2, 0.25) is 0 Å². The third-order valence-corrected chi connectivity index (χ3v) is 1.57. The van der Waals surface area contributed by atoms with Gasteiger partial charge in [0, 0.05) is 13.1 Å². The number of ether oxygens (including phenoxy) is 2. The van der Waals surface area contributed by atoms with Gasteiger partial charge in [-0.25, -0.2) is 4.79 Å². The quantitative estimate of drug-likeness (QED) is 0.552. The molecule has 1 heterocycles. The fraction of sp³-hybridized carbons (Fsp3) is 0.625. The first kappa shape index (κ1) is 9.06. The van der Waals surface area contributed by atoms with Gasteiger partial charge in [0.15, 0.2) is 0 Å². The fourth-order valence-corrected chi connectivity index (χ4v) is 0.947. The molecule has 1 aliphatic heterocycles. The lowest BCUT2D eigenvalue weighted by molar-refractivity contribution is 0.0373. The number of carbonyl (C=O) groups excluding carboxylic acids is 1. The molecule has 0 atom stereocenters. The monoisotopic (exact) mass is 171 g/mol. The number of allylic oxidation sites excluding steroid dienone is 1. The van der Waals surface area contributed by atoms with Gasteiger partial charge in [0.05, 0.1) is 19.5 Å². The number of morpholine rings is 1. The second-order valence-electron chi connectivity index (χ2n) is 2.45. The Bertz CT molecular complexity index is 173. The van der Waals surface area contributed by atoms with E-state index in [0.717, 1.165) is 0 Å². The molecular formula is C8H13NO3. The molecule has 1 rings (SSSR count). The molecule has 4 nitrogen and oxygen atoms in total. The van der Waals surface area contributed by atoms with Crippen LogP contribution < -0.4 is 0 Å². The highest BCUT2D eigenvalue weighted by atomic mass is 16.5. The normalized spacial score (nSPS) is 18.2. The van der Waals surface area contributed by atoms with Crippen LogP contribution in [-0.2, 0) is 9.47 Å². The van der Waals surface area contributed by atoms with Crippen molar-refractivity contribution in [2.75, 3.05) is 26.3 Å². The number of amides is 1. The van der Waals surface area contributed by atoms with E-state index in [1.54, 1.807) is 17.9 Å². The van der Waals surface area contributed by atoms with Crippen molar-refractivity contribution in [2.45, 2.75) is 6.92 Å². The van der Waals surface area contributed by atoms with Crippen LogP contribution in [0, 0.1) is 0 Å². The summed E-state index contributed by atoms with van der Waals surface area (Å²) in [7, 11) is 0. The van der Waals surface area contributed by atoms with Crippen molar-refractivity contribution in [1.82, 2.24) is 4.90 Å². The minimum Gasteiger partial charge on any atom is -0.419 e. The Hall–Kier alpha value is -1.03. The number of carbonyl (C=O) groups is 1. The van der Waals surface area contributed by atoms with Crippen molar-refractivity contribution in [2.24, 2.45) is 0 Å². The zero-order valence-electron chi connectivity index (χ0n) is 7.16. The van der Waals surface area contributed by atoms with Crippen LogP contribution in [0.2, 0.25) is 0 Å². The third-order valence-electron chi connectivity index (χ3n) is 1.57. The Kier molecular flexibility index (Phi) is 3.60. The molecule has 12 heavy (non-hydrogen) atoms. The molecule has 0 aromatic heterocycles. The maximum Gasteiger partial charge on any atom is 0.414 e. The number of nitrogens with zero attached hydrogens (tertiary/aromatic N) is 1. The molecule has 0 bridgehead atoms. The molecule has 4 heteroatoms. The minimum atomic E-state index is -0.295. The highest BCUT2D eigenvalue weighted by Crippen LogP contribution is 1.99. The van der Waals surface area contributed by atoms with Gasteiger partial charge < -0.3 is 14.4 Å². The third kappa shape index (κ3) is 2.54. The molecule has 0 radical (unpaired) electrons. The molecule has 1 amide bonds. The van der Waals surface area contributed by atoms with E-state index in [9.17, 15) is 4.79 Å². The summed E-state index contributed by atoms with van der Waals surface area (Å²) in [5.41, 5.74) is 0. The Labute approximate surface area is 71.7 Å². The van der Waals surface area contributed by atoms with Gasteiger partial charge >= 0.3 is 6.09 Å². The molecule has 0 N–H and O–H groups in total. The molecule has 0 aliphatic carbocycles. The molecule has 1 saturated heterocycles. The molecule has 68 valence electrons. The molecule has 0 aromatic carbocycles.